The molecule has 2 N–H and O–H groups in total. The minimum atomic E-state index is -3.80. The van der Waals surface area contributed by atoms with Crippen molar-refractivity contribution in [3.05, 3.63) is 58.9 Å². The lowest BCUT2D eigenvalue weighted by molar-refractivity contribution is -0.136. The first kappa shape index (κ1) is 24.9. The summed E-state index contributed by atoms with van der Waals surface area (Å²) in [7, 11) is -3.80. The Kier molecular flexibility index (Phi) is 7.86. The first-order valence-electron chi connectivity index (χ1n) is 11.0. The molecule has 0 aromatic heterocycles. The molecule has 1 heterocycles. The van der Waals surface area contributed by atoms with Crippen LogP contribution in [0.4, 0.5) is 10.1 Å². The first-order valence-corrected chi connectivity index (χ1v) is 12.5. The molecule has 1 saturated heterocycles. The third-order valence-corrected chi connectivity index (χ3v) is 7.86. The van der Waals surface area contributed by atoms with Gasteiger partial charge >= 0.3 is 11.8 Å². The Morgan fingerprint density at radius 1 is 1.03 bits per heavy atom. The fourth-order valence-electron chi connectivity index (χ4n) is 4.27. The largest absolute Gasteiger partial charge is 0.348 e. The maximum absolute atomic E-state index is 13.5. The van der Waals surface area contributed by atoms with Crippen LogP contribution in [0.15, 0.2) is 41.3 Å². The number of carbonyl (C=O) groups excluding carboxylic acids is 2. The Balaban J connectivity index is 1.61. The molecule has 1 unspecified atom stereocenters. The van der Waals surface area contributed by atoms with Crippen LogP contribution in [-0.4, -0.2) is 43.7 Å². The van der Waals surface area contributed by atoms with E-state index in [9.17, 15) is 22.4 Å². The number of carbonyl (C=O) groups is 2. The third-order valence-electron chi connectivity index (χ3n) is 5.75. The van der Waals surface area contributed by atoms with Crippen LogP contribution in [0.5, 0.6) is 0 Å². The van der Waals surface area contributed by atoms with Gasteiger partial charge in [0, 0.05) is 24.8 Å². The molecule has 0 radical (unpaired) electrons. The van der Waals surface area contributed by atoms with Crippen molar-refractivity contribution in [1.82, 2.24) is 9.62 Å². The fraction of sp³-hybridized carbons (Fsp3) is 0.417. The van der Waals surface area contributed by atoms with Gasteiger partial charge in [0.2, 0.25) is 10.0 Å². The Hall–Kier alpha value is -2.78. The quantitative estimate of drug-likeness (QED) is 0.626. The van der Waals surface area contributed by atoms with Gasteiger partial charge in [-0.15, -0.1) is 0 Å². The van der Waals surface area contributed by atoms with Crippen LogP contribution in [0.1, 0.15) is 42.4 Å². The fourth-order valence-corrected chi connectivity index (χ4v) is 6.21. The van der Waals surface area contributed by atoms with Crippen LogP contribution in [0.2, 0.25) is 0 Å². The van der Waals surface area contributed by atoms with E-state index in [1.165, 1.54) is 16.4 Å². The number of sulfonamides is 1. The zero-order chi connectivity index (χ0) is 24.2. The summed E-state index contributed by atoms with van der Waals surface area (Å²) in [5, 5.41) is 5.18. The van der Waals surface area contributed by atoms with Crippen LogP contribution in [-0.2, 0) is 19.6 Å². The zero-order valence-electron chi connectivity index (χ0n) is 19.2. The number of amides is 2. The molecule has 178 valence electrons. The second-order valence-electron chi connectivity index (χ2n) is 8.55. The summed E-state index contributed by atoms with van der Waals surface area (Å²) in [6, 6.07) is 8.86. The van der Waals surface area contributed by atoms with Gasteiger partial charge < -0.3 is 10.6 Å². The Bertz CT molecular complexity index is 1130. The van der Waals surface area contributed by atoms with Gasteiger partial charge in [0.15, 0.2) is 0 Å². The molecule has 0 spiro atoms. The smallest absolute Gasteiger partial charge is 0.313 e. The Labute approximate surface area is 194 Å². The number of halogens is 1. The van der Waals surface area contributed by atoms with Crippen molar-refractivity contribution in [3.8, 4) is 0 Å². The summed E-state index contributed by atoms with van der Waals surface area (Å²) in [6.07, 6.45) is 2.65. The second-order valence-corrected chi connectivity index (χ2v) is 10.4. The predicted octanol–water partition coefficient (Wildman–Crippen LogP) is 3.44. The van der Waals surface area contributed by atoms with Crippen molar-refractivity contribution in [2.75, 3.05) is 18.4 Å². The molecule has 1 aliphatic heterocycles. The van der Waals surface area contributed by atoms with Crippen molar-refractivity contribution in [2.45, 2.75) is 57.4 Å². The molecule has 3 rings (SSSR count). The summed E-state index contributed by atoms with van der Waals surface area (Å²) < 4.78 is 41.4. The van der Waals surface area contributed by atoms with E-state index >= 15 is 0 Å². The van der Waals surface area contributed by atoms with Crippen molar-refractivity contribution >= 4 is 27.5 Å². The van der Waals surface area contributed by atoms with E-state index in [0.29, 0.717) is 30.6 Å². The monoisotopic (exact) mass is 475 g/mol. The number of hydrogen-bond donors (Lipinski definition) is 2. The highest BCUT2D eigenvalue weighted by Crippen LogP contribution is 2.28. The van der Waals surface area contributed by atoms with Gasteiger partial charge in [0.25, 0.3) is 0 Å². The highest BCUT2D eigenvalue weighted by molar-refractivity contribution is 7.89. The van der Waals surface area contributed by atoms with Crippen molar-refractivity contribution in [2.24, 2.45) is 0 Å². The minimum Gasteiger partial charge on any atom is -0.348 e. The molecular formula is C24H30FN3O4S. The van der Waals surface area contributed by atoms with E-state index in [0.717, 1.165) is 30.0 Å². The van der Waals surface area contributed by atoms with Gasteiger partial charge in [-0.2, -0.15) is 4.31 Å². The highest BCUT2D eigenvalue weighted by Gasteiger charge is 2.34. The molecule has 2 aromatic rings. The molecule has 7 nitrogen and oxygen atoms in total. The second kappa shape index (κ2) is 10.4. The molecule has 2 aromatic carbocycles. The molecule has 1 fully saturated rings. The zero-order valence-corrected chi connectivity index (χ0v) is 20.0. The van der Waals surface area contributed by atoms with Gasteiger partial charge in [-0.05, 0) is 87.1 Å². The van der Waals surface area contributed by atoms with Gasteiger partial charge in [0.1, 0.15) is 5.82 Å². The maximum atomic E-state index is 13.5. The van der Waals surface area contributed by atoms with Gasteiger partial charge in [-0.1, -0.05) is 12.5 Å². The van der Waals surface area contributed by atoms with Crippen molar-refractivity contribution in [1.29, 1.82) is 0 Å². The summed E-state index contributed by atoms with van der Waals surface area (Å²) in [6.45, 7) is 5.91. The molecule has 1 aliphatic rings. The molecule has 0 bridgehead atoms. The summed E-state index contributed by atoms with van der Waals surface area (Å²) in [5.74, 6) is -2.02. The first-order chi connectivity index (χ1) is 15.6. The maximum Gasteiger partial charge on any atom is 0.313 e. The summed E-state index contributed by atoms with van der Waals surface area (Å²) in [5.41, 5.74) is 2.85. The summed E-state index contributed by atoms with van der Waals surface area (Å²) >= 11 is 0. The number of aryl methyl sites for hydroxylation is 3. The number of piperidine rings is 1. The predicted molar refractivity (Wildman–Crippen MR) is 125 cm³/mol. The molecule has 33 heavy (non-hydrogen) atoms. The average Bonchev–Trinajstić information content (AvgIpc) is 2.73. The van der Waals surface area contributed by atoms with E-state index in [2.05, 4.69) is 10.6 Å². The highest BCUT2D eigenvalue weighted by atomic mass is 32.2. The lowest BCUT2D eigenvalue weighted by Gasteiger charge is -2.35. The molecular weight excluding hydrogens is 445 g/mol. The Morgan fingerprint density at radius 3 is 2.39 bits per heavy atom. The van der Waals surface area contributed by atoms with Gasteiger partial charge in [-0.3, -0.25) is 9.59 Å². The van der Waals surface area contributed by atoms with Crippen LogP contribution in [0.25, 0.3) is 0 Å². The lowest BCUT2D eigenvalue weighted by atomic mass is 10.0. The van der Waals surface area contributed by atoms with E-state index in [1.807, 2.05) is 19.9 Å². The molecule has 0 saturated carbocycles. The lowest BCUT2D eigenvalue weighted by Crippen LogP contribution is -2.46. The van der Waals surface area contributed by atoms with Gasteiger partial charge in [-0.25, -0.2) is 12.8 Å². The minimum absolute atomic E-state index is 0.0904. The SMILES string of the molecule is Cc1cc(C)cc(NC(=O)C(=O)NCCC2CCCCN2S(=O)(=O)c2ccc(F)cc2C)c1. The van der Waals surface area contributed by atoms with Crippen molar-refractivity contribution < 1.29 is 22.4 Å². The molecule has 0 aliphatic carbocycles. The van der Waals surface area contributed by atoms with E-state index in [4.69, 9.17) is 0 Å². The van der Waals surface area contributed by atoms with Crippen LogP contribution in [0.3, 0.4) is 0 Å². The van der Waals surface area contributed by atoms with E-state index < -0.39 is 27.7 Å². The normalized spacial score (nSPS) is 16.9. The summed E-state index contributed by atoms with van der Waals surface area (Å²) in [4.78, 5) is 24.6. The number of benzene rings is 2. The number of nitrogens with one attached hydrogen (secondary N) is 2. The molecule has 1 atom stereocenters. The van der Waals surface area contributed by atoms with Crippen molar-refractivity contribution in [3.63, 3.8) is 0 Å². The van der Waals surface area contributed by atoms with Crippen LogP contribution >= 0.6 is 0 Å². The number of hydrogen-bond acceptors (Lipinski definition) is 4. The Morgan fingerprint density at radius 2 is 1.73 bits per heavy atom. The van der Waals surface area contributed by atoms with Crippen LogP contribution in [0, 0.1) is 26.6 Å². The van der Waals surface area contributed by atoms with E-state index in [1.54, 1.807) is 19.1 Å². The number of nitrogens with zero attached hydrogens (tertiary/aromatic N) is 1. The van der Waals surface area contributed by atoms with E-state index in [-0.39, 0.29) is 17.5 Å². The third kappa shape index (κ3) is 6.17. The number of anilines is 1. The molecule has 9 heteroatoms. The standard InChI is InChI=1S/C24H30FN3O4S/c1-16-12-17(2)14-20(13-16)27-24(30)23(29)26-10-9-21-6-4-5-11-28(21)33(31,32)22-8-7-19(25)15-18(22)3/h7-8,12-15,21H,4-6,9-11H2,1-3H3,(H,26,29)(H,27,30). The van der Waals surface area contributed by atoms with Crippen LogP contribution < -0.4 is 10.6 Å². The number of rotatable bonds is 6. The van der Waals surface area contributed by atoms with Gasteiger partial charge in [0.05, 0.1) is 4.90 Å². The topological polar surface area (TPSA) is 95.6 Å². The molecule has 2 amide bonds. The average molecular weight is 476 g/mol.